The first-order valence-electron chi connectivity index (χ1n) is 7.34. The van der Waals surface area contributed by atoms with Crippen molar-refractivity contribution in [2.75, 3.05) is 0 Å². The molecule has 2 aliphatic rings. The number of carbonyl (C=O) groups excluding carboxylic acids is 2. The molecule has 0 aromatic carbocycles. The first-order chi connectivity index (χ1) is 9.98. The molecule has 1 aromatic heterocycles. The van der Waals surface area contributed by atoms with Crippen LogP contribution in [0.1, 0.15) is 44.0 Å². The highest BCUT2D eigenvalue weighted by molar-refractivity contribution is 9.10. The Bertz CT molecular complexity index is 604. The van der Waals surface area contributed by atoms with E-state index < -0.39 is 5.54 Å². The Kier molecular flexibility index (Phi) is 3.55. The van der Waals surface area contributed by atoms with Crippen molar-refractivity contribution in [2.45, 2.75) is 58.2 Å². The van der Waals surface area contributed by atoms with Gasteiger partial charge in [-0.2, -0.15) is 5.10 Å². The average Bonchev–Trinajstić information content (AvgIpc) is 3.09. The lowest BCUT2D eigenvalue weighted by Gasteiger charge is -2.20. The van der Waals surface area contributed by atoms with Crippen molar-refractivity contribution in [1.82, 2.24) is 20.0 Å². The van der Waals surface area contributed by atoms with Gasteiger partial charge in [-0.15, -0.1) is 0 Å². The molecule has 1 spiro atoms. The van der Waals surface area contributed by atoms with E-state index in [1.807, 2.05) is 18.5 Å². The van der Waals surface area contributed by atoms with Crippen LogP contribution in [0.5, 0.6) is 0 Å². The van der Waals surface area contributed by atoms with E-state index in [4.69, 9.17) is 0 Å². The van der Waals surface area contributed by atoms with Gasteiger partial charge in [0.25, 0.3) is 5.91 Å². The van der Waals surface area contributed by atoms with E-state index in [0.29, 0.717) is 6.54 Å². The number of urea groups is 1. The fourth-order valence-electron chi connectivity index (χ4n) is 3.31. The largest absolute Gasteiger partial charge is 0.325 e. The van der Waals surface area contributed by atoms with Crippen LogP contribution < -0.4 is 5.32 Å². The summed E-state index contributed by atoms with van der Waals surface area (Å²) < 4.78 is 2.71. The standard InChI is InChI=1S/C14H19BrN4O2/c1-3-19-10(11(15)9(2)17-19)8-18-12(20)14(16-13(18)21)6-4-5-7-14/h3-8H2,1-2H3,(H,16,21). The molecule has 6 nitrogen and oxygen atoms in total. The molecular formula is C14H19BrN4O2. The van der Waals surface area contributed by atoms with Gasteiger partial charge in [-0.3, -0.25) is 14.4 Å². The smallest absolute Gasteiger partial charge is 0.323 e. The van der Waals surface area contributed by atoms with Gasteiger partial charge in [0.05, 0.1) is 22.4 Å². The summed E-state index contributed by atoms with van der Waals surface area (Å²) in [6.45, 7) is 4.87. The molecule has 0 bridgehead atoms. The Morgan fingerprint density at radius 3 is 2.62 bits per heavy atom. The summed E-state index contributed by atoms with van der Waals surface area (Å²) >= 11 is 3.51. The number of halogens is 1. The third-order valence-electron chi connectivity index (χ3n) is 4.46. The molecule has 1 N–H and O–H groups in total. The Labute approximate surface area is 132 Å². The highest BCUT2D eigenvalue weighted by Gasteiger charge is 2.52. The van der Waals surface area contributed by atoms with Crippen LogP contribution in [0.4, 0.5) is 4.79 Å². The highest BCUT2D eigenvalue weighted by atomic mass is 79.9. The number of amides is 3. The monoisotopic (exact) mass is 354 g/mol. The topological polar surface area (TPSA) is 67.2 Å². The van der Waals surface area contributed by atoms with Crippen molar-refractivity contribution in [3.05, 3.63) is 15.9 Å². The minimum atomic E-state index is -0.643. The third kappa shape index (κ3) is 2.18. The van der Waals surface area contributed by atoms with Crippen molar-refractivity contribution in [3.63, 3.8) is 0 Å². The molecule has 0 radical (unpaired) electrons. The molecule has 114 valence electrons. The zero-order valence-corrected chi connectivity index (χ0v) is 13.9. The number of imide groups is 1. The van der Waals surface area contributed by atoms with Gasteiger partial charge >= 0.3 is 6.03 Å². The van der Waals surface area contributed by atoms with Crippen molar-refractivity contribution in [2.24, 2.45) is 0 Å². The molecular weight excluding hydrogens is 336 g/mol. The van der Waals surface area contributed by atoms with Crippen molar-refractivity contribution in [3.8, 4) is 0 Å². The van der Waals surface area contributed by atoms with Crippen LogP contribution in [0, 0.1) is 6.92 Å². The Morgan fingerprint density at radius 1 is 1.33 bits per heavy atom. The van der Waals surface area contributed by atoms with E-state index >= 15 is 0 Å². The number of hydrogen-bond acceptors (Lipinski definition) is 3. The van der Waals surface area contributed by atoms with Crippen LogP contribution in [-0.4, -0.2) is 32.2 Å². The lowest BCUT2D eigenvalue weighted by atomic mass is 9.98. The number of carbonyl (C=O) groups is 2. The number of hydrogen-bond donors (Lipinski definition) is 1. The number of nitrogens with one attached hydrogen (secondary N) is 1. The van der Waals surface area contributed by atoms with E-state index in [0.717, 1.165) is 41.5 Å². The number of nitrogens with zero attached hydrogens (tertiary/aromatic N) is 3. The van der Waals surface area contributed by atoms with Gasteiger partial charge in [0.2, 0.25) is 0 Å². The maximum atomic E-state index is 12.7. The zero-order valence-electron chi connectivity index (χ0n) is 12.3. The van der Waals surface area contributed by atoms with Crippen molar-refractivity contribution >= 4 is 27.9 Å². The molecule has 21 heavy (non-hydrogen) atoms. The normalized spacial score (nSPS) is 20.6. The molecule has 1 aliphatic heterocycles. The Morgan fingerprint density at radius 2 is 2.00 bits per heavy atom. The van der Waals surface area contributed by atoms with Gasteiger partial charge < -0.3 is 5.32 Å². The second kappa shape index (κ2) is 5.12. The van der Waals surface area contributed by atoms with E-state index in [1.54, 1.807) is 0 Å². The predicted molar refractivity (Wildman–Crippen MR) is 80.6 cm³/mol. The summed E-state index contributed by atoms with van der Waals surface area (Å²) in [6.07, 6.45) is 3.49. The molecule has 1 saturated heterocycles. The summed E-state index contributed by atoms with van der Waals surface area (Å²) in [6, 6.07) is -0.282. The van der Waals surface area contributed by atoms with Crippen LogP contribution in [0.3, 0.4) is 0 Å². The summed E-state index contributed by atoms with van der Waals surface area (Å²) in [4.78, 5) is 26.2. The van der Waals surface area contributed by atoms with Gasteiger partial charge in [0, 0.05) is 6.54 Å². The lowest BCUT2D eigenvalue weighted by molar-refractivity contribution is -0.131. The summed E-state index contributed by atoms with van der Waals surface area (Å²) in [5.74, 6) is -0.0848. The van der Waals surface area contributed by atoms with Crippen LogP contribution in [0.25, 0.3) is 0 Å². The zero-order chi connectivity index (χ0) is 15.2. The molecule has 2 heterocycles. The van der Waals surface area contributed by atoms with E-state index in [-0.39, 0.29) is 18.5 Å². The number of aromatic nitrogens is 2. The SMILES string of the molecule is CCn1nc(C)c(Br)c1CN1C(=O)NC2(CCCC2)C1=O. The van der Waals surface area contributed by atoms with Gasteiger partial charge in [-0.05, 0) is 42.6 Å². The summed E-state index contributed by atoms with van der Waals surface area (Å²) in [5, 5.41) is 7.32. The minimum absolute atomic E-state index is 0.0848. The second-order valence-corrected chi connectivity index (χ2v) is 6.57. The Balaban J connectivity index is 1.88. The first kappa shape index (κ1) is 14.6. The van der Waals surface area contributed by atoms with Gasteiger partial charge in [0.1, 0.15) is 5.54 Å². The molecule has 2 fully saturated rings. The second-order valence-electron chi connectivity index (χ2n) is 5.77. The van der Waals surface area contributed by atoms with Crippen molar-refractivity contribution < 1.29 is 9.59 Å². The molecule has 1 saturated carbocycles. The van der Waals surface area contributed by atoms with Gasteiger partial charge in [-0.25, -0.2) is 4.79 Å². The van der Waals surface area contributed by atoms with E-state index in [9.17, 15) is 9.59 Å². The molecule has 1 aromatic rings. The van der Waals surface area contributed by atoms with Crippen LogP contribution in [-0.2, 0) is 17.9 Å². The van der Waals surface area contributed by atoms with Crippen LogP contribution >= 0.6 is 15.9 Å². The average molecular weight is 355 g/mol. The highest BCUT2D eigenvalue weighted by Crippen LogP contribution is 2.36. The predicted octanol–water partition coefficient (Wildman–Crippen LogP) is 2.34. The first-order valence-corrected chi connectivity index (χ1v) is 8.13. The molecule has 1 aliphatic carbocycles. The maximum absolute atomic E-state index is 12.7. The fourth-order valence-corrected chi connectivity index (χ4v) is 3.72. The minimum Gasteiger partial charge on any atom is -0.323 e. The molecule has 0 atom stereocenters. The quantitative estimate of drug-likeness (QED) is 0.847. The van der Waals surface area contributed by atoms with E-state index in [2.05, 4.69) is 26.3 Å². The van der Waals surface area contributed by atoms with Crippen LogP contribution in [0.2, 0.25) is 0 Å². The van der Waals surface area contributed by atoms with E-state index in [1.165, 1.54) is 4.90 Å². The molecule has 3 rings (SSSR count). The van der Waals surface area contributed by atoms with Gasteiger partial charge in [-0.1, -0.05) is 12.8 Å². The summed E-state index contributed by atoms with van der Waals surface area (Å²) in [7, 11) is 0. The number of rotatable bonds is 3. The van der Waals surface area contributed by atoms with Crippen LogP contribution in [0.15, 0.2) is 4.47 Å². The molecule has 0 unspecified atom stereocenters. The maximum Gasteiger partial charge on any atom is 0.325 e. The summed E-state index contributed by atoms with van der Waals surface area (Å²) in [5.41, 5.74) is 1.10. The molecule has 3 amide bonds. The Hall–Kier alpha value is -1.37. The van der Waals surface area contributed by atoms with Crippen molar-refractivity contribution in [1.29, 1.82) is 0 Å². The lowest BCUT2D eigenvalue weighted by Crippen LogP contribution is -2.44. The fraction of sp³-hybridized carbons (Fsp3) is 0.643. The van der Waals surface area contributed by atoms with Gasteiger partial charge in [0.15, 0.2) is 0 Å². The molecule has 7 heteroatoms. The third-order valence-corrected chi connectivity index (χ3v) is 5.50. The number of aryl methyl sites for hydroxylation is 2.